The number of amides is 1. The monoisotopic (exact) mass is 263 g/mol. The molecule has 6 heteroatoms. The van der Waals surface area contributed by atoms with Crippen LogP contribution in [-0.2, 0) is 11.2 Å². The van der Waals surface area contributed by atoms with Crippen LogP contribution < -0.4 is 10.6 Å². The molecule has 0 aliphatic carbocycles. The summed E-state index contributed by atoms with van der Waals surface area (Å²) in [4.78, 5) is 21.9. The van der Waals surface area contributed by atoms with Crippen molar-refractivity contribution in [3.8, 4) is 0 Å². The predicted octanol–water partition coefficient (Wildman–Crippen LogP) is 2.55. The van der Waals surface area contributed by atoms with E-state index >= 15 is 0 Å². The Balaban J connectivity index is 2.23. The van der Waals surface area contributed by atoms with Crippen molar-refractivity contribution < 1.29 is 9.72 Å². The molecule has 0 fully saturated rings. The van der Waals surface area contributed by atoms with Crippen LogP contribution in [0.4, 0.5) is 17.1 Å². The molecule has 0 radical (unpaired) electrons. The third-order valence-corrected chi connectivity index (χ3v) is 3.08. The summed E-state index contributed by atoms with van der Waals surface area (Å²) in [6.45, 7) is 4.86. The topological polar surface area (TPSA) is 84.3 Å². The molecule has 1 amide bonds. The molecule has 0 unspecified atom stereocenters. The number of carbonyl (C=O) groups excluding carboxylic acids is 1. The van der Waals surface area contributed by atoms with Gasteiger partial charge in [-0.25, -0.2) is 0 Å². The molecule has 102 valence electrons. The van der Waals surface area contributed by atoms with Gasteiger partial charge in [0, 0.05) is 18.3 Å². The first-order valence-electron chi connectivity index (χ1n) is 6.32. The van der Waals surface area contributed by atoms with Gasteiger partial charge in [-0.3, -0.25) is 14.9 Å². The molecule has 0 saturated carbocycles. The maximum absolute atomic E-state index is 11.3. The van der Waals surface area contributed by atoms with Crippen molar-refractivity contribution >= 4 is 23.0 Å². The van der Waals surface area contributed by atoms with E-state index in [1.165, 1.54) is 6.07 Å². The van der Waals surface area contributed by atoms with Crippen molar-refractivity contribution in [1.29, 1.82) is 0 Å². The Morgan fingerprint density at radius 2 is 2.21 bits per heavy atom. The van der Waals surface area contributed by atoms with E-state index in [9.17, 15) is 14.9 Å². The van der Waals surface area contributed by atoms with E-state index in [0.29, 0.717) is 29.4 Å². The van der Waals surface area contributed by atoms with E-state index in [-0.39, 0.29) is 18.0 Å². The number of hydrogen-bond donors (Lipinski definition) is 2. The van der Waals surface area contributed by atoms with Crippen molar-refractivity contribution in [2.24, 2.45) is 5.92 Å². The Kier molecular flexibility index (Phi) is 3.69. The maximum atomic E-state index is 11.3. The lowest BCUT2D eigenvalue weighted by atomic mass is 10.1. The second-order valence-corrected chi connectivity index (χ2v) is 5.12. The molecule has 2 N–H and O–H groups in total. The number of benzene rings is 1. The quantitative estimate of drug-likeness (QED) is 0.631. The number of nitrogens with one attached hydrogen (secondary N) is 2. The molecule has 1 aliphatic rings. The highest BCUT2D eigenvalue weighted by Gasteiger charge is 2.24. The van der Waals surface area contributed by atoms with Crippen molar-refractivity contribution in [3.63, 3.8) is 0 Å². The van der Waals surface area contributed by atoms with Crippen LogP contribution in [-0.4, -0.2) is 17.4 Å². The summed E-state index contributed by atoms with van der Waals surface area (Å²) < 4.78 is 0. The lowest BCUT2D eigenvalue weighted by Gasteiger charge is -2.10. The van der Waals surface area contributed by atoms with E-state index in [0.717, 1.165) is 6.42 Å². The van der Waals surface area contributed by atoms with E-state index in [2.05, 4.69) is 24.5 Å². The number of nitrogens with zero attached hydrogens (tertiary/aromatic N) is 1. The number of hydrogen-bond acceptors (Lipinski definition) is 4. The summed E-state index contributed by atoms with van der Waals surface area (Å²) in [5, 5.41) is 16.8. The van der Waals surface area contributed by atoms with Crippen molar-refractivity contribution in [2.45, 2.75) is 26.7 Å². The first-order chi connectivity index (χ1) is 8.97. The van der Waals surface area contributed by atoms with Gasteiger partial charge in [0.05, 0.1) is 11.3 Å². The fraction of sp³-hybridized carbons (Fsp3) is 0.462. The van der Waals surface area contributed by atoms with E-state index in [4.69, 9.17) is 0 Å². The normalized spacial score (nSPS) is 13.3. The third kappa shape index (κ3) is 3.01. The largest absolute Gasteiger partial charge is 0.379 e. The zero-order valence-electron chi connectivity index (χ0n) is 11.0. The van der Waals surface area contributed by atoms with E-state index in [1.54, 1.807) is 6.07 Å². The Bertz CT molecular complexity index is 526. The van der Waals surface area contributed by atoms with Gasteiger partial charge in [0.1, 0.15) is 5.69 Å². The number of nitro benzene ring substituents is 1. The average Bonchev–Trinajstić information content (AvgIpc) is 2.66. The predicted molar refractivity (Wildman–Crippen MR) is 73.4 cm³/mol. The molecule has 0 saturated heterocycles. The van der Waals surface area contributed by atoms with Crippen molar-refractivity contribution in [1.82, 2.24) is 0 Å². The molecular weight excluding hydrogens is 246 g/mol. The van der Waals surface area contributed by atoms with Gasteiger partial charge in [-0.1, -0.05) is 13.8 Å². The smallest absolute Gasteiger partial charge is 0.292 e. The molecule has 1 heterocycles. The number of fused-ring (bicyclic) bond motifs is 1. The first kappa shape index (κ1) is 13.3. The number of nitro groups is 1. The Hall–Kier alpha value is -2.11. The molecule has 2 rings (SSSR count). The van der Waals surface area contributed by atoms with Gasteiger partial charge in [-0.05, 0) is 24.0 Å². The van der Waals surface area contributed by atoms with E-state index < -0.39 is 4.92 Å². The van der Waals surface area contributed by atoms with Crippen LogP contribution in [0.2, 0.25) is 0 Å². The minimum absolute atomic E-state index is 0.0269. The van der Waals surface area contributed by atoms with Gasteiger partial charge in [0.2, 0.25) is 5.91 Å². The number of rotatable bonds is 5. The summed E-state index contributed by atoms with van der Waals surface area (Å²) >= 11 is 0. The Morgan fingerprint density at radius 3 is 2.84 bits per heavy atom. The molecule has 1 aliphatic heterocycles. The highest BCUT2D eigenvalue weighted by Crippen LogP contribution is 2.34. The fourth-order valence-electron chi connectivity index (χ4n) is 2.05. The molecule has 0 atom stereocenters. The Labute approximate surface area is 111 Å². The molecule has 6 nitrogen and oxygen atoms in total. The van der Waals surface area contributed by atoms with Gasteiger partial charge in [0.25, 0.3) is 5.69 Å². The van der Waals surface area contributed by atoms with Crippen LogP contribution in [0.1, 0.15) is 25.8 Å². The van der Waals surface area contributed by atoms with Gasteiger partial charge in [-0.2, -0.15) is 0 Å². The van der Waals surface area contributed by atoms with Crippen LogP contribution in [0.25, 0.3) is 0 Å². The molecular formula is C13H17N3O3. The third-order valence-electron chi connectivity index (χ3n) is 3.08. The number of carbonyl (C=O) groups is 1. The molecule has 0 aromatic heterocycles. The summed E-state index contributed by atoms with van der Waals surface area (Å²) in [6.07, 6.45) is 1.14. The highest BCUT2D eigenvalue weighted by atomic mass is 16.6. The van der Waals surface area contributed by atoms with Gasteiger partial charge in [0.15, 0.2) is 0 Å². The SMILES string of the molecule is CC(C)CCNc1cc2c(cc1[N+](=O)[O-])CC(=O)N2. The maximum Gasteiger partial charge on any atom is 0.292 e. The standard InChI is InChI=1S/C13H17N3O3/c1-8(2)3-4-14-11-7-10-9(6-13(17)15-10)5-12(11)16(18)19/h5,7-8,14H,3-4,6H2,1-2H3,(H,15,17). The summed E-state index contributed by atoms with van der Waals surface area (Å²) in [7, 11) is 0. The lowest BCUT2D eigenvalue weighted by Crippen LogP contribution is -2.07. The lowest BCUT2D eigenvalue weighted by molar-refractivity contribution is -0.384. The highest BCUT2D eigenvalue weighted by molar-refractivity contribution is 6.00. The van der Waals surface area contributed by atoms with Gasteiger partial charge < -0.3 is 10.6 Å². The van der Waals surface area contributed by atoms with Crippen LogP contribution >= 0.6 is 0 Å². The molecule has 19 heavy (non-hydrogen) atoms. The van der Waals surface area contributed by atoms with Gasteiger partial charge >= 0.3 is 0 Å². The minimum Gasteiger partial charge on any atom is -0.379 e. The van der Waals surface area contributed by atoms with Crippen LogP contribution in [0.5, 0.6) is 0 Å². The van der Waals surface area contributed by atoms with E-state index in [1.807, 2.05) is 0 Å². The average molecular weight is 263 g/mol. The number of anilines is 2. The summed E-state index contributed by atoms with van der Waals surface area (Å²) in [5.41, 5.74) is 1.85. The fourth-order valence-corrected chi connectivity index (χ4v) is 2.05. The van der Waals surface area contributed by atoms with Crippen molar-refractivity contribution in [2.75, 3.05) is 17.2 Å². The Morgan fingerprint density at radius 1 is 1.47 bits per heavy atom. The van der Waals surface area contributed by atoms with Gasteiger partial charge in [-0.15, -0.1) is 0 Å². The molecule has 1 aromatic carbocycles. The second kappa shape index (κ2) is 5.26. The zero-order valence-corrected chi connectivity index (χ0v) is 11.0. The first-order valence-corrected chi connectivity index (χ1v) is 6.32. The summed E-state index contributed by atoms with van der Waals surface area (Å²) in [5.74, 6) is 0.407. The van der Waals surface area contributed by atoms with Crippen molar-refractivity contribution in [3.05, 3.63) is 27.8 Å². The van der Waals surface area contributed by atoms with Crippen LogP contribution in [0, 0.1) is 16.0 Å². The molecule has 1 aromatic rings. The summed E-state index contributed by atoms with van der Waals surface area (Å²) in [6, 6.07) is 3.13. The second-order valence-electron chi connectivity index (χ2n) is 5.12. The van der Waals surface area contributed by atoms with Crippen LogP contribution in [0.3, 0.4) is 0 Å². The molecule has 0 bridgehead atoms. The molecule has 0 spiro atoms. The van der Waals surface area contributed by atoms with Crippen LogP contribution in [0.15, 0.2) is 12.1 Å². The zero-order chi connectivity index (χ0) is 14.0. The minimum atomic E-state index is -0.416.